The fourth-order valence-electron chi connectivity index (χ4n) is 1.25. The van der Waals surface area contributed by atoms with E-state index in [-0.39, 0.29) is 5.56 Å². The van der Waals surface area contributed by atoms with Crippen molar-refractivity contribution in [1.82, 2.24) is 0 Å². The predicted molar refractivity (Wildman–Crippen MR) is 54.3 cm³/mol. The van der Waals surface area contributed by atoms with E-state index >= 15 is 0 Å². The minimum absolute atomic E-state index is 0.229. The topological polar surface area (TPSA) is 26.0 Å². The molecule has 0 radical (unpaired) electrons. The number of alkyl halides is 3. The number of benzene rings is 1. The van der Waals surface area contributed by atoms with Crippen molar-refractivity contribution in [3.63, 3.8) is 0 Å². The van der Waals surface area contributed by atoms with E-state index in [2.05, 4.69) is 0 Å². The summed E-state index contributed by atoms with van der Waals surface area (Å²) in [6.07, 6.45) is -1.10. The molecule has 0 unspecified atom stereocenters. The summed E-state index contributed by atoms with van der Waals surface area (Å²) >= 11 is 0. The third-order valence-corrected chi connectivity index (χ3v) is 2.01. The number of nitrogens with two attached hydrogens (primary N) is 1. The molecule has 0 aliphatic carbocycles. The van der Waals surface area contributed by atoms with Gasteiger partial charge in [-0.05, 0) is 24.1 Å². The van der Waals surface area contributed by atoms with Gasteiger partial charge in [0, 0.05) is 6.54 Å². The number of hydrogen-bond acceptors (Lipinski definition) is 1. The van der Waals surface area contributed by atoms with Crippen LogP contribution in [-0.2, 0) is 6.18 Å². The lowest BCUT2D eigenvalue weighted by molar-refractivity contribution is -0.138. The summed E-state index contributed by atoms with van der Waals surface area (Å²) < 4.78 is 37.5. The van der Waals surface area contributed by atoms with Gasteiger partial charge in [-0.25, -0.2) is 0 Å². The molecule has 0 bridgehead atoms. The van der Waals surface area contributed by atoms with Gasteiger partial charge in [0.2, 0.25) is 0 Å². The van der Waals surface area contributed by atoms with Crippen molar-refractivity contribution in [2.75, 3.05) is 6.54 Å². The van der Waals surface area contributed by atoms with Gasteiger partial charge >= 0.3 is 6.18 Å². The molecule has 0 atom stereocenters. The zero-order chi connectivity index (χ0) is 11.5. The van der Waals surface area contributed by atoms with Gasteiger partial charge in [0.05, 0.1) is 5.56 Å². The highest BCUT2D eigenvalue weighted by Crippen LogP contribution is 2.32. The summed E-state index contributed by atoms with van der Waals surface area (Å²) in [5.74, 6) is 0. The molecule has 1 nitrogen and oxygen atoms in total. The summed E-state index contributed by atoms with van der Waals surface area (Å²) in [7, 11) is 0. The minimum Gasteiger partial charge on any atom is -0.327 e. The van der Waals surface area contributed by atoms with E-state index in [0.29, 0.717) is 12.1 Å². The van der Waals surface area contributed by atoms with Crippen LogP contribution in [0.3, 0.4) is 0 Å². The second-order valence-electron chi connectivity index (χ2n) is 3.21. The molecule has 82 valence electrons. The first-order valence-corrected chi connectivity index (χ1v) is 4.49. The molecule has 0 saturated heterocycles. The standard InChI is InChI=1S/C11H12F3N/c1-8-4-5-9(3-2-6-15)7-10(8)11(12,13)14/h2-5,7H,6,15H2,1H3/b3-2+. The Bertz CT molecular complexity index is 367. The molecule has 1 rings (SSSR count). The van der Waals surface area contributed by atoms with Crippen LogP contribution in [0, 0.1) is 6.92 Å². The van der Waals surface area contributed by atoms with Crippen LogP contribution in [0.2, 0.25) is 0 Å². The number of aryl methyl sites for hydroxylation is 1. The normalized spacial score (nSPS) is 12.3. The second kappa shape index (κ2) is 4.49. The molecule has 0 aromatic heterocycles. The zero-order valence-electron chi connectivity index (χ0n) is 8.31. The maximum atomic E-state index is 12.5. The summed E-state index contributed by atoms with van der Waals surface area (Å²) in [4.78, 5) is 0. The van der Waals surface area contributed by atoms with Crippen molar-refractivity contribution in [3.05, 3.63) is 41.0 Å². The molecule has 0 fully saturated rings. The zero-order valence-corrected chi connectivity index (χ0v) is 8.31. The van der Waals surface area contributed by atoms with Crippen LogP contribution in [0.25, 0.3) is 6.08 Å². The molecule has 0 amide bonds. The first kappa shape index (κ1) is 11.8. The first-order valence-electron chi connectivity index (χ1n) is 4.49. The largest absolute Gasteiger partial charge is 0.416 e. The van der Waals surface area contributed by atoms with E-state index in [1.54, 1.807) is 18.2 Å². The third-order valence-electron chi connectivity index (χ3n) is 2.01. The maximum Gasteiger partial charge on any atom is 0.416 e. The Morgan fingerprint density at radius 2 is 2.00 bits per heavy atom. The van der Waals surface area contributed by atoms with E-state index in [9.17, 15) is 13.2 Å². The first-order chi connectivity index (χ1) is 6.95. The number of rotatable bonds is 2. The molecule has 15 heavy (non-hydrogen) atoms. The van der Waals surface area contributed by atoms with Crippen molar-refractivity contribution in [3.8, 4) is 0 Å². The molecule has 1 aromatic rings. The van der Waals surface area contributed by atoms with Crippen molar-refractivity contribution in [2.45, 2.75) is 13.1 Å². The van der Waals surface area contributed by atoms with Crippen LogP contribution < -0.4 is 5.73 Å². The number of hydrogen-bond donors (Lipinski definition) is 1. The monoisotopic (exact) mass is 215 g/mol. The smallest absolute Gasteiger partial charge is 0.327 e. The quantitative estimate of drug-likeness (QED) is 0.806. The Kier molecular flexibility index (Phi) is 3.52. The molecule has 1 aromatic carbocycles. The van der Waals surface area contributed by atoms with Crippen LogP contribution in [0.4, 0.5) is 13.2 Å². The van der Waals surface area contributed by atoms with Gasteiger partial charge in [-0.3, -0.25) is 0 Å². The van der Waals surface area contributed by atoms with Crippen LogP contribution in [0.1, 0.15) is 16.7 Å². The lowest BCUT2D eigenvalue weighted by Gasteiger charge is -2.10. The van der Waals surface area contributed by atoms with Crippen molar-refractivity contribution in [2.24, 2.45) is 5.73 Å². The molecular weight excluding hydrogens is 203 g/mol. The fraction of sp³-hybridized carbons (Fsp3) is 0.273. The highest BCUT2D eigenvalue weighted by atomic mass is 19.4. The highest BCUT2D eigenvalue weighted by molar-refractivity contribution is 5.52. The summed E-state index contributed by atoms with van der Waals surface area (Å²) in [5, 5.41) is 0. The summed E-state index contributed by atoms with van der Waals surface area (Å²) in [5.41, 5.74) is 5.37. The van der Waals surface area contributed by atoms with Crippen LogP contribution in [-0.4, -0.2) is 6.54 Å². The maximum absolute atomic E-state index is 12.5. The highest BCUT2D eigenvalue weighted by Gasteiger charge is 2.32. The van der Waals surface area contributed by atoms with Crippen LogP contribution >= 0.6 is 0 Å². The SMILES string of the molecule is Cc1ccc(/C=C/CN)cc1C(F)(F)F. The van der Waals surface area contributed by atoms with Gasteiger partial charge in [0.25, 0.3) is 0 Å². The molecule has 0 saturated carbocycles. The lowest BCUT2D eigenvalue weighted by atomic mass is 10.0. The summed E-state index contributed by atoms with van der Waals surface area (Å²) in [6, 6.07) is 4.22. The number of halogens is 3. The minimum atomic E-state index is -4.29. The van der Waals surface area contributed by atoms with E-state index < -0.39 is 11.7 Å². The predicted octanol–water partition coefficient (Wildman–Crippen LogP) is 2.99. The van der Waals surface area contributed by atoms with Crippen molar-refractivity contribution in [1.29, 1.82) is 0 Å². The fourth-order valence-corrected chi connectivity index (χ4v) is 1.25. The van der Waals surface area contributed by atoms with Gasteiger partial charge in [-0.15, -0.1) is 0 Å². The van der Waals surface area contributed by atoms with E-state index in [0.717, 1.165) is 6.07 Å². The average Bonchev–Trinajstić information content (AvgIpc) is 2.15. The van der Waals surface area contributed by atoms with Gasteiger partial charge < -0.3 is 5.73 Å². The van der Waals surface area contributed by atoms with Gasteiger partial charge in [0.1, 0.15) is 0 Å². The van der Waals surface area contributed by atoms with E-state index in [1.807, 2.05) is 0 Å². The second-order valence-corrected chi connectivity index (χ2v) is 3.21. The Labute approximate surface area is 86.4 Å². The third kappa shape index (κ3) is 3.09. The van der Waals surface area contributed by atoms with Gasteiger partial charge in [-0.2, -0.15) is 13.2 Å². The average molecular weight is 215 g/mol. The molecule has 2 N–H and O–H groups in total. The molecular formula is C11H12F3N. The van der Waals surface area contributed by atoms with Crippen molar-refractivity contribution >= 4 is 6.08 Å². The molecule has 4 heteroatoms. The Morgan fingerprint density at radius 1 is 1.33 bits per heavy atom. The van der Waals surface area contributed by atoms with Gasteiger partial charge in [-0.1, -0.05) is 24.3 Å². The van der Waals surface area contributed by atoms with Crippen LogP contribution in [0.15, 0.2) is 24.3 Å². The Morgan fingerprint density at radius 3 is 2.53 bits per heavy atom. The van der Waals surface area contributed by atoms with E-state index in [1.165, 1.54) is 13.0 Å². The Balaban J connectivity index is 3.11. The molecule has 0 aliphatic heterocycles. The molecule has 0 heterocycles. The van der Waals surface area contributed by atoms with Crippen LogP contribution in [0.5, 0.6) is 0 Å². The van der Waals surface area contributed by atoms with Gasteiger partial charge in [0.15, 0.2) is 0 Å². The molecule has 0 spiro atoms. The lowest BCUT2D eigenvalue weighted by Crippen LogP contribution is -2.07. The van der Waals surface area contributed by atoms with E-state index in [4.69, 9.17) is 5.73 Å². The molecule has 0 aliphatic rings. The Hall–Kier alpha value is -1.29. The van der Waals surface area contributed by atoms with Crippen molar-refractivity contribution < 1.29 is 13.2 Å². The summed E-state index contributed by atoms with van der Waals surface area (Å²) in [6.45, 7) is 1.76.